The van der Waals surface area contributed by atoms with Gasteiger partial charge in [0.2, 0.25) is 0 Å². The Morgan fingerprint density at radius 3 is 2.65 bits per heavy atom. The summed E-state index contributed by atoms with van der Waals surface area (Å²) in [5.41, 5.74) is 1.36. The van der Waals surface area contributed by atoms with Crippen LogP contribution in [0.2, 0.25) is 0 Å². The molecule has 2 aromatic rings. The Kier molecular flexibility index (Phi) is 4.41. The lowest BCUT2D eigenvalue weighted by molar-refractivity contribution is 0.208. The number of nitrogens with one attached hydrogen (secondary N) is 1. The molecule has 0 saturated carbocycles. The number of amides is 2. The van der Waals surface area contributed by atoms with E-state index in [0.717, 1.165) is 24.5 Å². The third-order valence-electron chi connectivity index (χ3n) is 3.98. The van der Waals surface area contributed by atoms with Gasteiger partial charge in [0.1, 0.15) is 11.6 Å². The van der Waals surface area contributed by atoms with E-state index in [-0.39, 0.29) is 11.8 Å². The van der Waals surface area contributed by atoms with Gasteiger partial charge in [-0.2, -0.15) is 0 Å². The molecule has 0 spiro atoms. The number of hydrogen-bond acceptors (Lipinski definition) is 3. The molecular formula is C17H19FN4O. The van der Waals surface area contributed by atoms with Crippen LogP contribution in [0.5, 0.6) is 0 Å². The zero-order valence-corrected chi connectivity index (χ0v) is 13.0. The van der Waals surface area contributed by atoms with E-state index in [1.807, 2.05) is 25.1 Å². The number of anilines is 2. The number of piperazine rings is 1. The molecule has 0 atom stereocenters. The summed E-state index contributed by atoms with van der Waals surface area (Å²) >= 11 is 0. The van der Waals surface area contributed by atoms with E-state index in [0.29, 0.717) is 18.8 Å². The third kappa shape index (κ3) is 3.59. The van der Waals surface area contributed by atoms with Crippen molar-refractivity contribution in [2.45, 2.75) is 6.92 Å². The first-order chi connectivity index (χ1) is 11.1. The molecule has 23 heavy (non-hydrogen) atoms. The van der Waals surface area contributed by atoms with Gasteiger partial charge in [-0.05, 0) is 36.8 Å². The average molecular weight is 314 g/mol. The number of hydrogen-bond donors (Lipinski definition) is 1. The van der Waals surface area contributed by atoms with Crippen LogP contribution in [0.4, 0.5) is 20.7 Å². The molecule has 1 aromatic carbocycles. The van der Waals surface area contributed by atoms with Crippen LogP contribution in [0.15, 0.2) is 42.6 Å². The van der Waals surface area contributed by atoms with Gasteiger partial charge in [0.05, 0.1) is 0 Å². The summed E-state index contributed by atoms with van der Waals surface area (Å²) in [5.74, 6) is 0.569. The number of pyridine rings is 1. The summed E-state index contributed by atoms with van der Waals surface area (Å²) in [5, 5.41) is 2.79. The van der Waals surface area contributed by atoms with Crippen molar-refractivity contribution < 1.29 is 9.18 Å². The highest BCUT2D eigenvalue weighted by Crippen LogP contribution is 2.18. The van der Waals surface area contributed by atoms with E-state index in [4.69, 9.17) is 0 Å². The Bertz CT molecular complexity index is 684. The lowest BCUT2D eigenvalue weighted by Gasteiger charge is -2.35. The predicted molar refractivity (Wildman–Crippen MR) is 88.2 cm³/mol. The van der Waals surface area contributed by atoms with Crippen molar-refractivity contribution in [3.8, 4) is 0 Å². The first-order valence-electron chi connectivity index (χ1n) is 7.61. The van der Waals surface area contributed by atoms with Crippen molar-refractivity contribution in [2.75, 3.05) is 36.4 Å². The molecule has 2 amide bonds. The fourth-order valence-corrected chi connectivity index (χ4v) is 2.60. The van der Waals surface area contributed by atoms with Crippen LogP contribution in [0.1, 0.15) is 5.56 Å². The van der Waals surface area contributed by atoms with E-state index in [1.165, 1.54) is 12.1 Å². The van der Waals surface area contributed by atoms with Crippen molar-refractivity contribution in [3.05, 3.63) is 54.0 Å². The number of benzene rings is 1. The van der Waals surface area contributed by atoms with E-state index in [1.54, 1.807) is 17.2 Å². The second-order valence-corrected chi connectivity index (χ2v) is 5.55. The topological polar surface area (TPSA) is 48.5 Å². The van der Waals surface area contributed by atoms with Gasteiger partial charge in [0, 0.05) is 38.1 Å². The fourth-order valence-electron chi connectivity index (χ4n) is 2.60. The Hall–Kier alpha value is -2.63. The summed E-state index contributed by atoms with van der Waals surface area (Å²) in [6.45, 7) is 4.51. The van der Waals surface area contributed by atoms with Crippen molar-refractivity contribution >= 4 is 17.5 Å². The number of carbonyl (C=O) groups is 1. The van der Waals surface area contributed by atoms with Crippen LogP contribution < -0.4 is 10.2 Å². The fraction of sp³-hybridized carbons (Fsp3) is 0.294. The Labute approximate surface area is 134 Å². The normalized spacial score (nSPS) is 14.7. The van der Waals surface area contributed by atoms with Crippen molar-refractivity contribution in [2.24, 2.45) is 0 Å². The van der Waals surface area contributed by atoms with Crippen molar-refractivity contribution in [1.29, 1.82) is 0 Å². The van der Waals surface area contributed by atoms with Crippen LogP contribution in [0.25, 0.3) is 0 Å². The van der Waals surface area contributed by atoms with Gasteiger partial charge in [0.15, 0.2) is 0 Å². The lowest BCUT2D eigenvalue weighted by atomic mass is 10.2. The van der Waals surface area contributed by atoms with Crippen LogP contribution in [0.3, 0.4) is 0 Å². The van der Waals surface area contributed by atoms with Gasteiger partial charge < -0.3 is 15.1 Å². The van der Waals surface area contributed by atoms with Crippen LogP contribution in [-0.4, -0.2) is 42.1 Å². The minimum Gasteiger partial charge on any atom is -0.353 e. The molecular weight excluding hydrogens is 295 g/mol. The first kappa shape index (κ1) is 15.3. The highest BCUT2D eigenvalue weighted by Gasteiger charge is 2.22. The van der Waals surface area contributed by atoms with Gasteiger partial charge in [-0.1, -0.05) is 12.1 Å². The van der Waals surface area contributed by atoms with E-state index < -0.39 is 0 Å². The molecule has 120 valence electrons. The highest BCUT2D eigenvalue weighted by atomic mass is 19.1. The molecule has 1 saturated heterocycles. The number of nitrogens with zero attached hydrogens (tertiary/aromatic N) is 3. The van der Waals surface area contributed by atoms with Gasteiger partial charge in [-0.25, -0.2) is 14.2 Å². The summed E-state index contributed by atoms with van der Waals surface area (Å²) in [7, 11) is 0. The maximum atomic E-state index is 13.3. The molecule has 1 aliphatic rings. The summed E-state index contributed by atoms with van der Waals surface area (Å²) in [4.78, 5) is 20.5. The maximum Gasteiger partial charge on any atom is 0.321 e. The monoisotopic (exact) mass is 314 g/mol. The molecule has 0 radical (unpaired) electrons. The van der Waals surface area contributed by atoms with Crippen molar-refractivity contribution in [1.82, 2.24) is 9.88 Å². The molecule has 1 aromatic heterocycles. The number of aryl methyl sites for hydroxylation is 1. The standard InChI is InChI=1S/C17H19FN4O/c1-13-5-6-14(18)12-15(13)20-17(23)22-10-8-21(9-11-22)16-4-2-3-7-19-16/h2-7,12H,8-11H2,1H3,(H,20,23). The molecule has 2 heterocycles. The minimum absolute atomic E-state index is 0.195. The second-order valence-electron chi connectivity index (χ2n) is 5.55. The molecule has 0 bridgehead atoms. The zero-order valence-electron chi connectivity index (χ0n) is 13.0. The van der Waals surface area contributed by atoms with E-state index >= 15 is 0 Å². The number of aromatic nitrogens is 1. The minimum atomic E-state index is -0.356. The highest BCUT2D eigenvalue weighted by molar-refractivity contribution is 5.90. The number of rotatable bonds is 2. The molecule has 3 rings (SSSR count). The number of halogens is 1. The van der Waals surface area contributed by atoms with Gasteiger partial charge in [-0.3, -0.25) is 0 Å². The Balaban J connectivity index is 1.59. The maximum absolute atomic E-state index is 13.3. The van der Waals surface area contributed by atoms with Gasteiger partial charge in [0.25, 0.3) is 0 Å². The largest absolute Gasteiger partial charge is 0.353 e. The molecule has 1 aliphatic heterocycles. The molecule has 0 unspecified atom stereocenters. The molecule has 1 fully saturated rings. The lowest BCUT2D eigenvalue weighted by Crippen LogP contribution is -2.50. The van der Waals surface area contributed by atoms with E-state index in [2.05, 4.69) is 15.2 Å². The Morgan fingerprint density at radius 2 is 1.96 bits per heavy atom. The summed E-state index contributed by atoms with van der Waals surface area (Å²) < 4.78 is 13.3. The zero-order chi connectivity index (χ0) is 16.2. The Morgan fingerprint density at radius 1 is 1.17 bits per heavy atom. The smallest absolute Gasteiger partial charge is 0.321 e. The van der Waals surface area contributed by atoms with Crippen LogP contribution >= 0.6 is 0 Å². The van der Waals surface area contributed by atoms with Crippen molar-refractivity contribution in [3.63, 3.8) is 0 Å². The van der Waals surface area contributed by atoms with Crippen LogP contribution in [0, 0.1) is 12.7 Å². The summed E-state index contributed by atoms with van der Waals surface area (Å²) in [6, 6.07) is 9.99. The van der Waals surface area contributed by atoms with E-state index in [9.17, 15) is 9.18 Å². The molecule has 1 N–H and O–H groups in total. The number of urea groups is 1. The first-order valence-corrected chi connectivity index (χ1v) is 7.61. The SMILES string of the molecule is Cc1ccc(F)cc1NC(=O)N1CCN(c2ccccn2)CC1. The molecule has 0 aliphatic carbocycles. The quantitative estimate of drug-likeness (QED) is 0.927. The predicted octanol–water partition coefficient (Wildman–Crippen LogP) is 2.88. The second kappa shape index (κ2) is 6.64. The third-order valence-corrected chi connectivity index (χ3v) is 3.98. The van der Waals surface area contributed by atoms with Gasteiger partial charge in [-0.15, -0.1) is 0 Å². The summed E-state index contributed by atoms with van der Waals surface area (Å²) in [6.07, 6.45) is 1.77. The number of carbonyl (C=O) groups excluding carboxylic acids is 1. The molecule has 5 nitrogen and oxygen atoms in total. The average Bonchev–Trinajstić information content (AvgIpc) is 2.59. The van der Waals surface area contributed by atoms with Gasteiger partial charge >= 0.3 is 6.03 Å². The van der Waals surface area contributed by atoms with Crippen LogP contribution in [-0.2, 0) is 0 Å². The molecule has 6 heteroatoms.